The molecule has 1 aliphatic rings. The van der Waals surface area contributed by atoms with E-state index in [2.05, 4.69) is 21.2 Å². The molecule has 0 bridgehead atoms. The van der Waals surface area contributed by atoms with Gasteiger partial charge in [0, 0.05) is 4.47 Å². The average molecular weight is 336 g/mol. The Morgan fingerprint density at radius 1 is 1.42 bits per heavy atom. The summed E-state index contributed by atoms with van der Waals surface area (Å²) in [6, 6.07) is 1.08. The number of anilines is 1. The molecule has 0 saturated heterocycles. The largest absolute Gasteiger partial charge is 0.478 e. The van der Waals surface area contributed by atoms with E-state index in [1.54, 1.807) is 19.1 Å². The Balaban J connectivity index is 2.61. The van der Waals surface area contributed by atoms with Crippen LogP contribution in [0.15, 0.2) is 22.2 Å². The van der Waals surface area contributed by atoms with Crippen molar-refractivity contribution in [3.63, 3.8) is 0 Å². The lowest BCUT2D eigenvalue weighted by molar-refractivity contribution is -0.146. The van der Waals surface area contributed by atoms with Gasteiger partial charge >= 0.3 is 12.1 Å². The van der Waals surface area contributed by atoms with Gasteiger partial charge < -0.3 is 10.4 Å². The maximum absolute atomic E-state index is 12.9. The maximum atomic E-state index is 12.9. The molecular weight excluding hydrogens is 327 g/mol. The van der Waals surface area contributed by atoms with Crippen molar-refractivity contribution < 1.29 is 23.1 Å². The Hall–Kier alpha value is -1.50. The van der Waals surface area contributed by atoms with E-state index in [1.807, 2.05) is 0 Å². The molecule has 7 heteroatoms. The number of benzene rings is 1. The number of aryl methyl sites for hydroxylation is 1. The van der Waals surface area contributed by atoms with Gasteiger partial charge in [-0.15, -0.1) is 0 Å². The summed E-state index contributed by atoms with van der Waals surface area (Å²) in [7, 11) is 0. The van der Waals surface area contributed by atoms with Gasteiger partial charge in [0.25, 0.3) is 0 Å². The Labute approximate surface area is 115 Å². The van der Waals surface area contributed by atoms with Gasteiger partial charge in [0.1, 0.15) is 0 Å². The molecule has 0 fully saturated rings. The molecule has 0 spiro atoms. The van der Waals surface area contributed by atoms with Crippen molar-refractivity contribution >= 4 is 33.7 Å². The van der Waals surface area contributed by atoms with E-state index in [0.717, 1.165) is 11.6 Å². The van der Waals surface area contributed by atoms with Gasteiger partial charge in [0.15, 0.2) is 6.04 Å². The fraction of sp³-hybridized carbons (Fsp3) is 0.250. The fourth-order valence-corrected chi connectivity index (χ4v) is 2.66. The zero-order chi connectivity index (χ0) is 14.4. The van der Waals surface area contributed by atoms with E-state index in [9.17, 15) is 18.0 Å². The molecule has 0 amide bonds. The SMILES string of the molecule is Cc1cc(Br)c2c(c1)C=C(C(=O)O)[C@@H](C(F)(F)F)N2. The molecule has 102 valence electrons. The number of aliphatic carboxylic acids is 1. The average Bonchev–Trinajstić information content (AvgIpc) is 2.25. The Morgan fingerprint density at radius 3 is 2.58 bits per heavy atom. The molecule has 0 radical (unpaired) electrons. The third-order valence-electron chi connectivity index (χ3n) is 2.75. The number of fused-ring (bicyclic) bond motifs is 1. The van der Waals surface area contributed by atoms with E-state index in [1.165, 1.54) is 0 Å². The number of nitrogens with one attached hydrogen (secondary N) is 1. The quantitative estimate of drug-likeness (QED) is 0.824. The van der Waals surface area contributed by atoms with Crippen LogP contribution in [0.4, 0.5) is 18.9 Å². The Bertz CT molecular complexity index is 581. The second-order valence-corrected chi connectivity index (χ2v) is 5.09. The van der Waals surface area contributed by atoms with Crippen LogP contribution in [0, 0.1) is 6.92 Å². The summed E-state index contributed by atoms with van der Waals surface area (Å²) < 4.78 is 39.1. The monoisotopic (exact) mass is 335 g/mol. The molecule has 2 N–H and O–H groups in total. The predicted molar refractivity (Wildman–Crippen MR) is 68.0 cm³/mol. The molecule has 1 aromatic carbocycles. The van der Waals surface area contributed by atoms with E-state index in [0.29, 0.717) is 10.0 Å². The third kappa shape index (κ3) is 2.60. The smallest absolute Gasteiger partial charge is 0.413 e. The topological polar surface area (TPSA) is 49.3 Å². The van der Waals surface area contributed by atoms with Gasteiger partial charge in [0.05, 0.1) is 11.3 Å². The van der Waals surface area contributed by atoms with Crippen LogP contribution in [-0.2, 0) is 4.79 Å². The lowest BCUT2D eigenvalue weighted by Crippen LogP contribution is -2.42. The second kappa shape index (κ2) is 4.56. The van der Waals surface area contributed by atoms with Crippen molar-refractivity contribution in [1.29, 1.82) is 0 Å². The molecule has 0 unspecified atom stereocenters. The molecule has 2 rings (SSSR count). The van der Waals surface area contributed by atoms with Crippen LogP contribution in [0.1, 0.15) is 11.1 Å². The minimum Gasteiger partial charge on any atom is -0.478 e. The van der Waals surface area contributed by atoms with Crippen molar-refractivity contribution in [2.24, 2.45) is 0 Å². The predicted octanol–water partition coefficient (Wildman–Crippen LogP) is 3.58. The third-order valence-corrected chi connectivity index (χ3v) is 3.38. The van der Waals surface area contributed by atoms with E-state index in [-0.39, 0.29) is 5.69 Å². The summed E-state index contributed by atoms with van der Waals surface area (Å²) >= 11 is 3.18. The van der Waals surface area contributed by atoms with Crippen molar-refractivity contribution in [3.8, 4) is 0 Å². The van der Waals surface area contributed by atoms with Crippen molar-refractivity contribution in [2.75, 3.05) is 5.32 Å². The van der Waals surface area contributed by atoms with Gasteiger partial charge in [-0.1, -0.05) is 0 Å². The van der Waals surface area contributed by atoms with Crippen LogP contribution >= 0.6 is 15.9 Å². The zero-order valence-corrected chi connectivity index (χ0v) is 11.3. The standard InChI is InChI=1S/C12H9BrF3NO2/c1-5-2-6-4-7(11(18)19)10(12(14,15)16)17-9(6)8(13)3-5/h2-4,10,17H,1H3,(H,18,19)/t10-/m0/s1. The van der Waals surface area contributed by atoms with Crippen LogP contribution in [0.25, 0.3) is 6.08 Å². The molecule has 0 aromatic heterocycles. The Morgan fingerprint density at radius 2 is 2.05 bits per heavy atom. The first kappa shape index (κ1) is 13.9. The van der Waals surface area contributed by atoms with Gasteiger partial charge in [-0.2, -0.15) is 13.2 Å². The molecule has 19 heavy (non-hydrogen) atoms. The van der Waals surface area contributed by atoms with Crippen LogP contribution in [-0.4, -0.2) is 23.3 Å². The lowest BCUT2D eigenvalue weighted by atomic mass is 9.96. The first-order valence-corrected chi connectivity index (χ1v) is 6.07. The summed E-state index contributed by atoms with van der Waals surface area (Å²) in [6.45, 7) is 1.77. The Kier molecular flexibility index (Phi) is 3.34. The molecule has 0 saturated carbocycles. The first-order valence-electron chi connectivity index (χ1n) is 5.28. The molecule has 1 aromatic rings. The van der Waals surface area contributed by atoms with E-state index >= 15 is 0 Å². The van der Waals surface area contributed by atoms with E-state index < -0.39 is 23.8 Å². The number of carboxylic acids is 1. The number of hydrogen-bond donors (Lipinski definition) is 2. The second-order valence-electron chi connectivity index (χ2n) is 4.23. The summed E-state index contributed by atoms with van der Waals surface area (Å²) in [4.78, 5) is 11.0. The molecule has 3 nitrogen and oxygen atoms in total. The van der Waals surface area contributed by atoms with Gasteiger partial charge in [0.2, 0.25) is 0 Å². The summed E-state index contributed by atoms with van der Waals surface area (Å²) in [5, 5.41) is 11.2. The number of hydrogen-bond acceptors (Lipinski definition) is 2. The maximum Gasteiger partial charge on any atom is 0.413 e. The van der Waals surface area contributed by atoms with Gasteiger partial charge in [-0.25, -0.2) is 4.79 Å². The first-order chi connectivity index (χ1) is 8.70. The minimum absolute atomic E-state index is 0.248. The highest BCUT2D eigenvalue weighted by Crippen LogP contribution is 2.39. The van der Waals surface area contributed by atoms with Crippen molar-refractivity contribution in [3.05, 3.63) is 33.3 Å². The number of alkyl halides is 3. The zero-order valence-electron chi connectivity index (χ0n) is 9.68. The number of halogens is 4. The minimum atomic E-state index is -4.67. The van der Waals surface area contributed by atoms with Crippen LogP contribution in [0.3, 0.4) is 0 Å². The van der Waals surface area contributed by atoms with E-state index in [4.69, 9.17) is 5.11 Å². The van der Waals surface area contributed by atoms with Crippen LogP contribution in [0.5, 0.6) is 0 Å². The fourth-order valence-electron chi connectivity index (χ4n) is 1.95. The molecule has 1 aliphatic heterocycles. The lowest BCUT2D eigenvalue weighted by Gasteiger charge is -2.29. The summed E-state index contributed by atoms with van der Waals surface area (Å²) in [5.74, 6) is -1.59. The summed E-state index contributed by atoms with van der Waals surface area (Å²) in [5.41, 5.74) is 0.777. The highest BCUT2D eigenvalue weighted by molar-refractivity contribution is 9.10. The number of carbonyl (C=O) groups is 1. The number of carboxylic acid groups (broad SMARTS) is 1. The van der Waals surface area contributed by atoms with Crippen molar-refractivity contribution in [2.45, 2.75) is 19.1 Å². The number of rotatable bonds is 1. The van der Waals surface area contributed by atoms with Gasteiger partial charge in [-0.3, -0.25) is 0 Å². The van der Waals surface area contributed by atoms with Gasteiger partial charge in [-0.05, 0) is 52.2 Å². The van der Waals surface area contributed by atoms with Crippen LogP contribution < -0.4 is 5.32 Å². The van der Waals surface area contributed by atoms with Crippen LogP contribution in [0.2, 0.25) is 0 Å². The molecular formula is C12H9BrF3NO2. The molecule has 0 aliphatic carbocycles. The normalized spacial score (nSPS) is 18.4. The molecule has 1 heterocycles. The molecule has 1 atom stereocenters. The van der Waals surface area contributed by atoms with Crippen molar-refractivity contribution in [1.82, 2.24) is 0 Å². The summed E-state index contributed by atoms with van der Waals surface area (Å²) in [6.07, 6.45) is -3.61. The highest BCUT2D eigenvalue weighted by atomic mass is 79.9. The highest BCUT2D eigenvalue weighted by Gasteiger charge is 2.46.